The van der Waals surface area contributed by atoms with Crippen LogP contribution in [-0.4, -0.2) is 18.2 Å². The van der Waals surface area contributed by atoms with Crippen molar-refractivity contribution < 1.29 is 4.79 Å². The number of hydrogen-bond acceptors (Lipinski definition) is 2. The van der Waals surface area contributed by atoms with Gasteiger partial charge in [0.05, 0.1) is 10.6 Å². The van der Waals surface area contributed by atoms with E-state index >= 15 is 0 Å². The summed E-state index contributed by atoms with van der Waals surface area (Å²) in [7, 11) is 0. The number of rotatable bonds is 3. The van der Waals surface area contributed by atoms with Crippen LogP contribution >= 0.6 is 23.4 Å². The summed E-state index contributed by atoms with van der Waals surface area (Å²) in [6.45, 7) is 6.83. The van der Waals surface area contributed by atoms with Gasteiger partial charge in [-0.3, -0.25) is 4.79 Å². The molecule has 1 aromatic carbocycles. The standard InChI is InChI=1S/C17H24ClNOS/c1-11-7-12(10-17(2,3)9-11)19-16(20)14-8-13(21-4)5-6-15(14)18/h5-6,8,11-12H,7,9-10H2,1-4H3,(H,19,20)/t11-,12-/m0/s1. The van der Waals surface area contributed by atoms with Crippen LogP contribution in [0, 0.1) is 11.3 Å². The first-order valence-electron chi connectivity index (χ1n) is 7.45. The van der Waals surface area contributed by atoms with Crippen LogP contribution in [0.15, 0.2) is 23.1 Å². The second-order valence-electron chi connectivity index (χ2n) is 6.93. The Morgan fingerprint density at radius 2 is 2.10 bits per heavy atom. The summed E-state index contributed by atoms with van der Waals surface area (Å²) in [5, 5.41) is 3.70. The lowest BCUT2D eigenvalue weighted by Gasteiger charge is -2.39. The molecule has 1 aromatic rings. The van der Waals surface area contributed by atoms with E-state index in [1.807, 2.05) is 18.4 Å². The fraction of sp³-hybridized carbons (Fsp3) is 0.588. The number of thioether (sulfide) groups is 1. The summed E-state index contributed by atoms with van der Waals surface area (Å²) < 4.78 is 0. The molecule has 1 aliphatic carbocycles. The summed E-state index contributed by atoms with van der Waals surface area (Å²) in [4.78, 5) is 13.6. The Balaban J connectivity index is 2.11. The van der Waals surface area contributed by atoms with Gasteiger partial charge in [0.25, 0.3) is 5.91 Å². The summed E-state index contributed by atoms with van der Waals surface area (Å²) >= 11 is 7.80. The third kappa shape index (κ3) is 4.40. The Morgan fingerprint density at radius 1 is 1.38 bits per heavy atom. The number of nitrogens with one attached hydrogen (secondary N) is 1. The Labute approximate surface area is 137 Å². The first kappa shape index (κ1) is 16.7. The van der Waals surface area contributed by atoms with E-state index in [1.165, 1.54) is 6.42 Å². The molecule has 0 heterocycles. The second-order valence-corrected chi connectivity index (χ2v) is 8.22. The zero-order valence-electron chi connectivity index (χ0n) is 13.2. The van der Waals surface area contributed by atoms with Crippen molar-refractivity contribution in [3.05, 3.63) is 28.8 Å². The second kappa shape index (κ2) is 6.62. The minimum absolute atomic E-state index is 0.0502. The van der Waals surface area contributed by atoms with E-state index in [-0.39, 0.29) is 11.9 Å². The molecule has 1 aliphatic rings. The molecule has 1 saturated carbocycles. The lowest BCUT2D eigenvalue weighted by atomic mass is 9.70. The van der Waals surface area contributed by atoms with E-state index < -0.39 is 0 Å². The predicted octanol–water partition coefficient (Wildman–Crippen LogP) is 5.01. The molecule has 2 nitrogen and oxygen atoms in total. The maximum Gasteiger partial charge on any atom is 0.253 e. The first-order valence-corrected chi connectivity index (χ1v) is 9.05. The van der Waals surface area contributed by atoms with E-state index in [9.17, 15) is 4.79 Å². The maximum absolute atomic E-state index is 12.5. The van der Waals surface area contributed by atoms with Gasteiger partial charge in [0.1, 0.15) is 0 Å². The molecule has 0 spiro atoms. The van der Waals surface area contributed by atoms with Crippen molar-refractivity contribution in [1.29, 1.82) is 0 Å². The highest BCUT2D eigenvalue weighted by Crippen LogP contribution is 2.38. The predicted molar refractivity (Wildman–Crippen MR) is 91.3 cm³/mol. The van der Waals surface area contributed by atoms with Crippen LogP contribution < -0.4 is 5.32 Å². The zero-order valence-corrected chi connectivity index (χ0v) is 14.8. The van der Waals surface area contributed by atoms with Gasteiger partial charge < -0.3 is 5.32 Å². The molecular formula is C17H24ClNOS. The lowest BCUT2D eigenvalue weighted by Crippen LogP contribution is -2.43. The van der Waals surface area contributed by atoms with Gasteiger partial charge in [-0.05, 0) is 55.1 Å². The van der Waals surface area contributed by atoms with Crippen molar-refractivity contribution in [3.63, 3.8) is 0 Å². The third-order valence-electron chi connectivity index (χ3n) is 4.14. The highest BCUT2D eigenvalue weighted by atomic mass is 35.5. The van der Waals surface area contributed by atoms with Crippen LogP contribution in [0.5, 0.6) is 0 Å². The van der Waals surface area contributed by atoms with Gasteiger partial charge in [0.15, 0.2) is 0 Å². The number of halogens is 1. The van der Waals surface area contributed by atoms with Gasteiger partial charge >= 0.3 is 0 Å². The van der Waals surface area contributed by atoms with Crippen molar-refractivity contribution in [2.45, 2.75) is 51.0 Å². The van der Waals surface area contributed by atoms with E-state index in [1.54, 1.807) is 17.8 Å². The maximum atomic E-state index is 12.5. The Kier molecular flexibility index (Phi) is 5.26. The molecule has 4 heteroatoms. The van der Waals surface area contributed by atoms with Crippen LogP contribution in [0.2, 0.25) is 5.02 Å². The van der Waals surface area contributed by atoms with Gasteiger partial charge in [-0.2, -0.15) is 0 Å². The Hall–Kier alpha value is -0.670. The van der Waals surface area contributed by atoms with E-state index in [2.05, 4.69) is 26.1 Å². The number of benzene rings is 1. The fourth-order valence-corrected chi connectivity index (χ4v) is 4.17. The van der Waals surface area contributed by atoms with Gasteiger partial charge in [-0.1, -0.05) is 32.4 Å². The molecule has 2 rings (SSSR count). The zero-order chi connectivity index (χ0) is 15.6. The van der Waals surface area contributed by atoms with Crippen LogP contribution in [0.3, 0.4) is 0 Å². The summed E-state index contributed by atoms with van der Waals surface area (Å²) in [5.74, 6) is 0.595. The SMILES string of the molecule is CSc1ccc(Cl)c(C(=O)N[C@H]2C[C@H](C)CC(C)(C)C2)c1. The Bertz CT molecular complexity index is 530. The van der Waals surface area contributed by atoms with Gasteiger partial charge in [0.2, 0.25) is 0 Å². The van der Waals surface area contributed by atoms with Crippen LogP contribution in [-0.2, 0) is 0 Å². The topological polar surface area (TPSA) is 29.1 Å². The average molecular weight is 326 g/mol. The molecule has 0 saturated heterocycles. The lowest BCUT2D eigenvalue weighted by molar-refractivity contribution is 0.0874. The number of carbonyl (C=O) groups excluding carboxylic acids is 1. The quantitative estimate of drug-likeness (QED) is 0.792. The van der Waals surface area contributed by atoms with Crippen LogP contribution in [0.4, 0.5) is 0 Å². The third-order valence-corrected chi connectivity index (χ3v) is 5.20. The fourth-order valence-electron chi connectivity index (χ4n) is 3.52. The number of hydrogen-bond donors (Lipinski definition) is 1. The summed E-state index contributed by atoms with van der Waals surface area (Å²) in [6, 6.07) is 5.86. The highest BCUT2D eigenvalue weighted by molar-refractivity contribution is 7.98. The minimum atomic E-state index is -0.0502. The van der Waals surface area contributed by atoms with E-state index in [0.29, 0.717) is 21.9 Å². The van der Waals surface area contributed by atoms with Gasteiger partial charge in [0, 0.05) is 10.9 Å². The molecule has 116 valence electrons. The molecule has 1 amide bonds. The molecule has 0 bridgehead atoms. The number of amides is 1. The van der Waals surface area contributed by atoms with Crippen molar-refractivity contribution >= 4 is 29.3 Å². The van der Waals surface area contributed by atoms with Crippen molar-refractivity contribution in [3.8, 4) is 0 Å². The normalized spacial score (nSPS) is 24.6. The monoisotopic (exact) mass is 325 g/mol. The average Bonchev–Trinajstić information content (AvgIpc) is 2.36. The molecule has 0 radical (unpaired) electrons. The van der Waals surface area contributed by atoms with Crippen molar-refractivity contribution in [2.75, 3.05) is 6.26 Å². The molecule has 21 heavy (non-hydrogen) atoms. The van der Waals surface area contributed by atoms with Crippen LogP contribution in [0.25, 0.3) is 0 Å². The minimum Gasteiger partial charge on any atom is -0.349 e. The Morgan fingerprint density at radius 3 is 2.71 bits per heavy atom. The molecule has 0 aliphatic heterocycles. The smallest absolute Gasteiger partial charge is 0.253 e. The van der Waals surface area contributed by atoms with Gasteiger partial charge in [-0.15, -0.1) is 11.8 Å². The van der Waals surface area contributed by atoms with E-state index in [0.717, 1.165) is 17.7 Å². The summed E-state index contributed by atoms with van der Waals surface area (Å²) in [6.07, 6.45) is 5.30. The molecule has 1 N–H and O–H groups in total. The van der Waals surface area contributed by atoms with Crippen LogP contribution in [0.1, 0.15) is 50.4 Å². The molecule has 0 aromatic heterocycles. The largest absolute Gasteiger partial charge is 0.349 e. The number of carbonyl (C=O) groups is 1. The van der Waals surface area contributed by atoms with Crippen molar-refractivity contribution in [2.24, 2.45) is 11.3 Å². The molecule has 0 unspecified atom stereocenters. The molecule has 2 atom stereocenters. The highest BCUT2D eigenvalue weighted by Gasteiger charge is 2.33. The molecular weight excluding hydrogens is 302 g/mol. The first-order chi connectivity index (χ1) is 9.80. The van der Waals surface area contributed by atoms with E-state index in [4.69, 9.17) is 11.6 Å². The molecule has 1 fully saturated rings. The van der Waals surface area contributed by atoms with Gasteiger partial charge in [-0.25, -0.2) is 0 Å². The van der Waals surface area contributed by atoms with Crippen molar-refractivity contribution in [1.82, 2.24) is 5.32 Å². The summed E-state index contributed by atoms with van der Waals surface area (Å²) in [5.41, 5.74) is 0.875.